The van der Waals surface area contributed by atoms with E-state index in [1.807, 2.05) is 11.8 Å². The summed E-state index contributed by atoms with van der Waals surface area (Å²) in [6, 6.07) is 11.7. The predicted molar refractivity (Wildman–Crippen MR) is 138 cm³/mol. The highest BCUT2D eigenvalue weighted by molar-refractivity contribution is 6.07. The van der Waals surface area contributed by atoms with Crippen LogP contribution in [0, 0.1) is 6.92 Å². The fraction of sp³-hybridized carbons (Fsp3) is 0.231. The van der Waals surface area contributed by atoms with Crippen LogP contribution in [0.2, 0.25) is 0 Å². The number of carbonyl (C=O) groups excluding carboxylic acids is 3. The quantitative estimate of drug-likeness (QED) is 0.318. The Morgan fingerprint density at radius 2 is 1.68 bits per heavy atom. The summed E-state index contributed by atoms with van der Waals surface area (Å²) in [5.74, 6) is -0.283. The highest BCUT2D eigenvalue weighted by Crippen LogP contribution is 2.20. The summed E-state index contributed by atoms with van der Waals surface area (Å²) in [4.78, 5) is 54.9. The minimum absolute atomic E-state index is 0.0757. The summed E-state index contributed by atoms with van der Waals surface area (Å²) in [6.07, 6.45) is 5.12. The van der Waals surface area contributed by atoms with Crippen molar-refractivity contribution in [2.75, 3.05) is 23.7 Å². The van der Waals surface area contributed by atoms with E-state index in [-0.39, 0.29) is 23.5 Å². The lowest BCUT2D eigenvalue weighted by atomic mass is 10.0. The van der Waals surface area contributed by atoms with Crippen LogP contribution in [0.1, 0.15) is 49.5 Å². The normalized spacial score (nSPS) is 13.9. The van der Waals surface area contributed by atoms with Crippen molar-refractivity contribution in [1.82, 2.24) is 24.8 Å². The lowest BCUT2D eigenvalue weighted by Gasteiger charge is -2.32. The summed E-state index contributed by atoms with van der Waals surface area (Å²) in [5.41, 5.74) is 8.51. The van der Waals surface area contributed by atoms with Crippen molar-refractivity contribution >= 4 is 40.7 Å². The predicted octanol–water partition coefficient (Wildman–Crippen LogP) is 2.73. The number of hydrogen-bond donors (Lipinski definition) is 4. The Morgan fingerprint density at radius 1 is 1.00 bits per heavy atom. The van der Waals surface area contributed by atoms with Gasteiger partial charge in [-0.3, -0.25) is 19.7 Å². The maximum atomic E-state index is 13.0. The van der Waals surface area contributed by atoms with Gasteiger partial charge in [-0.2, -0.15) is 0 Å². The molecule has 4 aromatic rings. The van der Waals surface area contributed by atoms with Crippen molar-refractivity contribution in [2.24, 2.45) is 5.73 Å². The minimum Gasteiger partial charge on any atom is -0.366 e. The number of imidazole rings is 1. The van der Waals surface area contributed by atoms with Crippen LogP contribution in [0.25, 0.3) is 11.0 Å². The number of carbonyl (C=O) groups is 3. The Morgan fingerprint density at radius 3 is 2.35 bits per heavy atom. The third kappa shape index (κ3) is 5.25. The lowest BCUT2D eigenvalue weighted by molar-refractivity contribution is 0.0717. The number of H-pyrrole nitrogens is 1. The highest BCUT2D eigenvalue weighted by Gasteiger charge is 2.24. The fourth-order valence-electron chi connectivity index (χ4n) is 4.29. The van der Waals surface area contributed by atoms with Crippen LogP contribution in [0.5, 0.6) is 0 Å². The molecule has 0 bridgehead atoms. The Hall–Kier alpha value is -4.80. The van der Waals surface area contributed by atoms with Crippen molar-refractivity contribution in [3.05, 3.63) is 77.1 Å². The van der Waals surface area contributed by atoms with Crippen LogP contribution in [0.3, 0.4) is 0 Å². The number of benzene rings is 2. The van der Waals surface area contributed by atoms with Crippen molar-refractivity contribution < 1.29 is 14.4 Å². The summed E-state index contributed by atoms with van der Waals surface area (Å²) in [5, 5.41) is 6.01. The molecule has 5 N–H and O–H groups in total. The monoisotopic (exact) mass is 498 g/mol. The minimum atomic E-state index is -0.601. The molecule has 11 nitrogen and oxygen atoms in total. The van der Waals surface area contributed by atoms with E-state index in [4.69, 9.17) is 5.73 Å². The molecule has 0 radical (unpaired) electrons. The molecule has 0 atom stereocenters. The second-order valence-corrected chi connectivity index (χ2v) is 8.98. The van der Waals surface area contributed by atoms with Gasteiger partial charge in [-0.1, -0.05) is 6.07 Å². The van der Waals surface area contributed by atoms with Gasteiger partial charge in [-0.25, -0.2) is 15.0 Å². The first-order chi connectivity index (χ1) is 17.9. The molecule has 188 valence electrons. The number of nitrogens with two attached hydrogens (primary N) is 1. The Balaban J connectivity index is 1.18. The van der Waals surface area contributed by atoms with Crippen LogP contribution in [0.15, 0.2) is 54.9 Å². The van der Waals surface area contributed by atoms with Crippen LogP contribution in [-0.4, -0.2) is 61.7 Å². The lowest BCUT2D eigenvalue weighted by Crippen LogP contribution is -2.42. The van der Waals surface area contributed by atoms with Crippen molar-refractivity contribution in [3.8, 4) is 0 Å². The maximum absolute atomic E-state index is 13.0. The SMILES string of the molecule is Cc1cnc(NC2CCN(C(=O)c3ccc(C(=O)Nc4nc5c(C(N)=O)cccc5[nH]4)cc3)CC2)nc1. The third-order valence-electron chi connectivity index (χ3n) is 6.30. The molecule has 3 heterocycles. The Kier molecular flexibility index (Phi) is 6.50. The number of para-hydroxylation sites is 1. The number of anilines is 2. The van der Waals surface area contributed by atoms with E-state index in [0.29, 0.717) is 41.2 Å². The largest absolute Gasteiger partial charge is 0.366 e. The first-order valence-electron chi connectivity index (χ1n) is 11.9. The van der Waals surface area contributed by atoms with E-state index in [2.05, 4.69) is 30.6 Å². The van der Waals surface area contributed by atoms with Gasteiger partial charge in [-0.05, 0) is 61.7 Å². The number of aryl methyl sites for hydroxylation is 1. The van der Waals surface area contributed by atoms with Gasteiger partial charge >= 0.3 is 0 Å². The first kappa shape index (κ1) is 23.9. The van der Waals surface area contributed by atoms with Gasteiger partial charge in [0.15, 0.2) is 0 Å². The topological polar surface area (TPSA) is 159 Å². The number of fused-ring (bicyclic) bond motifs is 1. The van der Waals surface area contributed by atoms with Crippen molar-refractivity contribution in [3.63, 3.8) is 0 Å². The second-order valence-electron chi connectivity index (χ2n) is 8.98. The van der Waals surface area contributed by atoms with Gasteiger partial charge in [0.05, 0.1) is 11.1 Å². The molecular weight excluding hydrogens is 472 g/mol. The van der Waals surface area contributed by atoms with E-state index in [1.165, 1.54) is 0 Å². The van der Waals surface area contributed by atoms with Gasteiger partial charge < -0.3 is 20.9 Å². The summed E-state index contributed by atoms with van der Waals surface area (Å²) >= 11 is 0. The number of nitrogens with zero attached hydrogens (tertiary/aromatic N) is 4. The van der Waals surface area contributed by atoms with Gasteiger partial charge in [0.25, 0.3) is 17.7 Å². The van der Waals surface area contributed by atoms with Gasteiger partial charge in [0.2, 0.25) is 11.9 Å². The molecule has 1 fully saturated rings. The molecule has 1 aliphatic rings. The average molecular weight is 499 g/mol. The molecule has 0 saturated carbocycles. The van der Waals surface area contributed by atoms with Gasteiger partial charge in [0, 0.05) is 42.7 Å². The van der Waals surface area contributed by atoms with E-state index in [0.717, 1.165) is 18.4 Å². The summed E-state index contributed by atoms with van der Waals surface area (Å²) in [7, 11) is 0. The van der Waals surface area contributed by atoms with Crippen LogP contribution in [0.4, 0.5) is 11.9 Å². The Bertz CT molecular complexity index is 1460. The zero-order chi connectivity index (χ0) is 25.9. The van der Waals surface area contributed by atoms with Crippen LogP contribution < -0.4 is 16.4 Å². The molecule has 1 aliphatic heterocycles. The van der Waals surface area contributed by atoms with Gasteiger partial charge in [0.1, 0.15) is 5.52 Å². The smallest absolute Gasteiger partial charge is 0.257 e. The Labute approximate surface area is 212 Å². The molecule has 3 amide bonds. The van der Waals surface area contributed by atoms with E-state index in [9.17, 15) is 14.4 Å². The molecular formula is C26H26N8O3. The number of hydrogen-bond acceptors (Lipinski definition) is 7. The number of amides is 3. The standard InChI is InChI=1S/C26H26N8O3/c1-15-13-28-25(29-14-15)30-18-9-11-34(12-10-18)24(37)17-7-5-16(6-8-17)23(36)33-26-31-20-4-2-3-19(22(27)35)21(20)32-26/h2-8,13-14,18H,9-12H2,1H3,(H2,27,35)(H,28,29,30)(H2,31,32,33,36). The molecule has 0 unspecified atom stereocenters. The zero-order valence-corrected chi connectivity index (χ0v) is 20.2. The van der Waals surface area contributed by atoms with Crippen molar-refractivity contribution in [2.45, 2.75) is 25.8 Å². The number of piperidine rings is 1. The number of aromatic nitrogens is 4. The molecule has 0 spiro atoms. The zero-order valence-electron chi connectivity index (χ0n) is 20.2. The number of nitrogens with one attached hydrogen (secondary N) is 3. The van der Waals surface area contributed by atoms with Gasteiger partial charge in [-0.15, -0.1) is 0 Å². The molecule has 2 aromatic heterocycles. The molecule has 5 rings (SSSR count). The highest BCUT2D eigenvalue weighted by atomic mass is 16.2. The molecule has 11 heteroatoms. The fourth-order valence-corrected chi connectivity index (χ4v) is 4.29. The van der Waals surface area contributed by atoms with Crippen molar-refractivity contribution in [1.29, 1.82) is 0 Å². The third-order valence-corrected chi connectivity index (χ3v) is 6.30. The van der Waals surface area contributed by atoms with E-state index < -0.39 is 11.8 Å². The number of likely N-dealkylation sites (tertiary alicyclic amines) is 1. The summed E-state index contributed by atoms with van der Waals surface area (Å²) < 4.78 is 0. The number of primary amides is 1. The molecule has 1 saturated heterocycles. The summed E-state index contributed by atoms with van der Waals surface area (Å²) in [6.45, 7) is 3.17. The second kappa shape index (κ2) is 10.1. The maximum Gasteiger partial charge on any atom is 0.257 e. The average Bonchev–Trinajstić information content (AvgIpc) is 3.32. The number of rotatable bonds is 6. The molecule has 0 aliphatic carbocycles. The van der Waals surface area contributed by atoms with E-state index >= 15 is 0 Å². The first-order valence-corrected chi connectivity index (χ1v) is 11.9. The van der Waals surface area contributed by atoms with Crippen LogP contribution >= 0.6 is 0 Å². The molecule has 37 heavy (non-hydrogen) atoms. The number of aromatic amines is 1. The van der Waals surface area contributed by atoms with Crippen LogP contribution in [-0.2, 0) is 0 Å². The molecule has 2 aromatic carbocycles. The van der Waals surface area contributed by atoms with E-state index in [1.54, 1.807) is 54.9 Å².